The number of fused-ring (bicyclic) bond motifs is 1. The molecule has 2 aromatic heterocycles. The van der Waals surface area contributed by atoms with Crippen molar-refractivity contribution < 1.29 is 4.74 Å². The Morgan fingerprint density at radius 2 is 2.24 bits per heavy atom. The van der Waals surface area contributed by atoms with E-state index >= 15 is 0 Å². The molecule has 0 radical (unpaired) electrons. The number of hydrogen-bond acceptors (Lipinski definition) is 5. The van der Waals surface area contributed by atoms with E-state index in [0.717, 1.165) is 48.3 Å². The molecule has 4 rings (SSSR count). The molecule has 2 atom stereocenters. The number of hydrogen-bond donors (Lipinski definition) is 2. The summed E-state index contributed by atoms with van der Waals surface area (Å²) < 4.78 is 5.98. The average molecular weight is 333 g/mol. The number of ether oxygens (including phenoxy) is 1. The lowest BCUT2D eigenvalue weighted by atomic mass is 9.92. The van der Waals surface area contributed by atoms with Crippen molar-refractivity contribution in [3.05, 3.63) is 54.0 Å². The van der Waals surface area contributed by atoms with E-state index < -0.39 is 0 Å². The Morgan fingerprint density at radius 1 is 1.32 bits per heavy atom. The van der Waals surface area contributed by atoms with Gasteiger partial charge < -0.3 is 10.1 Å². The number of nitriles is 1. The molecule has 1 saturated heterocycles. The van der Waals surface area contributed by atoms with Crippen LogP contribution in [0.5, 0.6) is 0 Å². The zero-order valence-corrected chi connectivity index (χ0v) is 13.8. The molecule has 0 bridgehead atoms. The van der Waals surface area contributed by atoms with Crippen molar-refractivity contribution in [2.45, 2.75) is 18.9 Å². The van der Waals surface area contributed by atoms with Gasteiger partial charge in [-0.25, -0.2) is 0 Å². The standard InChI is InChI=1S/C19H19N5O/c20-10-14-12-21-16-6-2-1-5-15(16)18(14)22-11-13-4-3-9-25-19(13)17-7-8-23-24-17/h1-2,5-8,12-13,19H,3-4,9,11H2,(H,21,22)(H,23,24)/t13-,19+/m0/s1. The third-order valence-electron chi connectivity index (χ3n) is 4.71. The van der Waals surface area contributed by atoms with Gasteiger partial charge in [-0.15, -0.1) is 0 Å². The Morgan fingerprint density at radius 3 is 3.08 bits per heavy atom. The first-order valence-electron chi connectivity index (χ1n) is 8.49. The summed E-state index contributed by atoms with van der Waals surface area (Å²) in [7, 11) is 0. The van der Waals surface area contributed by atoms with Crippen molar-refractivity contribution in [2.24, 2.45) is 5.92 Å². The van der Waals surface area contributed by atoms with E-state index in [2.05, 4.69) is 26.6 Å². The van der Waals surface area contributed by atoms with Gasteiger partial charge in [-0.3, -0.25) is 10.1 Å². The summed E-state index contributed by atoms with van der Waals surface area (Å²) in [6, 6.07) is 12.1. The van der Waals surface area contributed by atoms with Crippen molar-refractivity contribution in [3.63, 3.8) is 0 Å². The molecule has 3 heterocycles. The Kier molecular flexibility index (Phi) is 4.32. The van der Waals surface area contributed by atoms with E-state index in [1.165, 1.54) is 0 Å². The molecule has 1 aliphatic rings. The van der Waals surface area contributed by atoms with Crippen molar-refractivity contribution in [2.75, 3.05) is 18.5 Å². The van der Waals surface area contributed by atoms with E-state index in [1.807, 2.05) is 30.3 Å². The van der Waals surface area contributed by atoms with Gasteiger partial charge in [-0.05, 0) is 25.0 Å². The zero-order chi connectivity index (χ0) is 17.1. The minimum absolute atomic E-state index is 0.00221. The number of pyridine rings is 1. The lowest BCUT2D eigenvalue weighted by Crippen LogP contribution is -2.28. The van der Waals surface area contributed by atoms with Crippen LogP contribution in [0.25, 0.3) is 10.9 Å². The van der Waals surface area contributed by atoms with Crippen LogP contribution in [0.4, 0.5) is 5.69 Å². The fraction of sp³-hybridized carbons (Fsp3) is 0.316. The van der Waals surface area contributed by atoms with Gasteiger partial charge in [0.2, 0.25) is 0 Å². The fourth-order valence-corrected chi connectivity index (χ4v) is 3.47. The van der Waals surface area contributed by atoms with Crippen molar-refractivity contribution in [1.29, 1.82) is 5.26 Å². The van der Waals surface area contributed by atoms with Crippen LogP contribution in [0.15, 0.2) is 42.7 Å². The highest BCUT2D eigenvalue weighted by molar-refractivity contribution is 5.93. The second kappa shape index (κ2) is 6.91. The third-order valence-corrected chi connectivity index (χ3v) is 4.71. The van der Waals surface area contributed by atoms with E-state index in [0.29, 0.717) is 11.5 Å². The molecule has 6 heteroatoms. The lowest BCUT2D eigenvalue weighted by molar-refractivity contribution is -0.0263. The Hall–Kier alpha value is -2.91. The summed E-state index contributed by atoms with van der Waals surface area (Å²) in [4.78, 5) is 4.36. The van der Waals surface area contributed by atoms with Gasteiger partial charge in [-0.2, -0.15) is 10.4 Å². The number of aromatic amines is 1. The normalized spacial score (nSPS) is 20.3. The molecule has 6 nitrogen and oxygen atoms in total. The Labute approximate surface area is 145 Å². The number of anilines is 1. The molecule has 126 valence electrons. The molecule has 3 aromatic rings. The quantitative estimate of drug-likeness (QED) is 0.764. The van der Waals surface area contributed by atoms with Crippen LogP contribution in [-0.4, -0.2) is 28.3 Å². The van der Waals surface area contributed by atoms with Gasteiger partial charge in [0.1, 0.15) is 12.2 Å². The van der Waals surface area contributed by atoms with Gasteiger partial charge in [0.15, 0.2) is 0 Å². The highest BCUT2D eigenvalue weighted by atomic mass is 16.5. The first-order chi connectivity index (χ1) is 12.4. The summed E-state index contributed by atoms with van der Waals surface area (Å²) in [5.41, 5.74) is 3.30. The molecule has 1 fully saturated rings. The predicted molar refractivity (Wildman–Crippen MR) is 95.0 cm³/mol. The van der Waals surface area contributed by atoms with Crippen LogP contribution in [-0.2, 0) is 4.74 Å². The summed E-state index contributed by atoms with van der Waals surface area (Å²) in [5.74, 6) is 0.313. The molecule has 1 aromatic carbocycles. The van der Waals surface area contributed by atoms with Crippen LogP contribution < -0.4 is 5.32 Å². The average Bonchev–Trinajstić information content (AvgIpc) is 3.20. The van der Waals surface area contributed by atoms with Gasteiger partial charge in [0, 0.05) is 36.8 Å². The fourth-order valence-electron chi connectivity index (χ4n) is 3.47. The van der Waals surface area contributed by atoms with Gasteiger partial charge in [0.25, 0.3) is 0 Å². The summed E-state index contributed by atoms with van der Waals surface area (Å²) >= 11 is 0. The second-order valence-corrected chi connectivity index (χ2v) is 6.26. The molecule has 0 unspecified atom stereocenters. The molecule has 25 heavy (non-hydrogen) atoms. The minimum Gasteiger partial charge on any atom is -0.383 e. The molecular weight excluding hydrogens is 314 g/mol. The van der Waals surface area contributed by atoms with Crippen LogP contribution in [0.1, 0.15) is 30.2 Å². The first kappa shape index (κ1) is 15.6. The highest BCUT2D eigenvalue weighted by Gasteiger charge is 2.28. The van der Waals surface area contributed by atoms with Gasteiger partial charge in [0.05, 0.1) is 22.5 Å². The van der Waals surface area contributed by atoms with E-state index in [4.69, 9.17) is 4.74 Å². The van der Waals surface area contributed by atoms with E-state index in [1.54, 1.807) is 12.4 Å². The van der Waals surface area contributed by atoms with Gasteiger partial charge >= 0.3 is 0 Å². The third kappa shape index (κ3) is 3.06. The van der Waals surface area contributed by atoms with E-state index in [9.17, 15) is 5.26 Å². The largest absolute Gasteiger partial charge is 0.383 e. The lowest BCUT2D eigenvalue weighted by Gasteiger charge is -2.31. The monoisotopic (exact) mass is 333 g/mol. The van der Waals surface area contributed by atoms with Gasteiger partial charge in [-0.1, -0.05) is 18.2 Å². The molecule has 0 spiro atoms. The molecule has 1 aliphatic heterocycles. The number of rotatable bonds is 4. The smallest absolute Gasteiger partial charge is 0.103 e. The number of aromatic nitrogens is 3. The van der Waals surface area contributed by atoms with Crippen molar-refractivity contribution >= 4 is 16.6 Å². The Bertz CT molecular complexity index is 900. The van der Waals surface area contributed by atoms with Crippen LogP contribution in [0.3, 0.4) is 0 Å². The number of benzene rings is 1. The highest BCUT2D eigenvalue weighted by Crippen LogP contribution is 2.34. The van der Waals surface area contributed by atoms with Crippen molar-refractivity contribution in [1.82, 2.24) is 15.2 Å². The first-order valence-corrected chi connectivity index (χ1v) is 8.49. The maximum Gasteiger partial charge on any atom is 0.103 e. The molecule has 2 N–H and O–H groups in total. The number of nitrogens with zero attached hydrogens (tertiary/aromatic N) is 3. The molecule has 0 amide bonds. The predicted octanol–water partition coefficient (Wildman–Crippen LogP) is 3.41. The number of H-pyrrole nitrogens is 1. The molecular formula is C19H19N5O. The minimum atomic E-state index is 0.00221. The van der Waals surface area contributed by atoms with E-state index in [-0.39, 0.29) is 6.10 Å². The molecule has 0 saturated carbocycles. The Balaban J connectivity index is 1.60. The molecule has 0 aliphatic carbocycles. The summed E-state index contributed by atoms with van der Waals surface area (Å²) in [6.07, 6.45) is 5.50. The van der Waals surface area contributed by atoms with Crippen molar-refractivity contribution in [3.8, 4) is 6.07 Å². The topological polar surface area (TPSA) is 86.6 Å². The number of nitrogens with one attached hydrogen (secondary N) is 2. The maximum absolute atomic E-state index is 9.45. The second-order valence-electron chi connectivity index (χ2n) is 6.26. The zero-order valence-electron chi connectivity index (χ0n) is 13.8. The van der Waals surface area contributed by atoms with Crippen LogP contribution in [0.2, 0.25) is 0 Å². The SMILES string of the molecule is N#Cc1cnc2ccccc2c1NC[C@@H]1CCCO[C@H]1c1ccn[nH]1. The summed E-state index contributed by atoms with van der Waals surface area (Å²) in [5, 5.41) is 21.0. The number of para-hydroxylation sites is 1. The maximum atomic E-state index is 9.45. The summed E-state index contributed by atoms with van der Waals surface area (Å²) in [6.45, 7) is 1.49. The van der Waals surface area contributed by atoms with Crippen LogP contribution in [0, 0.1) is 17.2 Å². The van der Waals surface area contributed by atoms with Crippen LogP contribution >= 0.6 is 0 Å².